The summed E-state index contributed by atoms with van der Waals surface area (Å²) < 4.78 is 58.3. The molecule has 0 unspecified atom stereocenters. The highest BCUT2D eigenvalue weighted by Gasteiger charge is 2.24. The largest absolute Gasteiger partial charge is 0.491 e. The van der Waals surface area contributed by atoms with Crippen LogP contribution in [0.15, 0.2) is 29.2 Å². The van der Waals surface area contributed by atoms with E-state index in [-0.39, 0.29) is 23.3 Å². The predicted molar refractivity (Wildman–Crippen MR) is 96.6 cm³/mol. The number of nitrogens with one attached hydrogen (secondary N) is 1. The summed E-state index contributed by atoms with van der Waals surface area (Å²) in [5.41, 5.74) is 0. The summed E-state index contributed by atoms with van der Waals surface area (Å²) in [7, 11) is -7.17. The first-order valence-corrected chi connectivity index (χ1v) is 11.5. The standard InChI is InChI=1S/C16H26N2O5S2/c1-14(2)23-15-6-8-16(9-7-15)25(21,22)17-10-13-24(19,20)18-11-4-3-5-12-18/h6-9,14,17H,3-5,10-13H2,1-2H3. The topological polar surface area (TPSA) is 92.8 Å². The highest BCUT2D eigenvalue weighted by molar-refractivity contribution is 7.90. The third-order valence-corrected chi connectivity index (χ3v) is 7.22. The summed E-state index contributed by atoms with van der Waals surface area (Å²) in [6.07, 6.45) is 2.75. The SMILES string of the molecule is CC(C)Oc1ccc(S(=O)(=O)NCCS(=O)(=O)N2CCCCC2)cc1. The molecular formula is C16H26N2O5S2. The lowest BCUT2D eigenvalue weighted by Gasteiger charge is -2.25. The fourth-order valence-electron chi connectivity index (χ4n) is 2.63. The minimum Gasteiger partial charge on any atom is -0.491 e. The van der Waals surface area contributed by atoms with E-state index in [0.717, 1.165) is 19.3 Å². The minimum absolute atomic E-state index is 0.000533. The molecule has 1 N–H and O–H groups in total. The van der Waals surface area contributed by atoms with Gasteiger partial charge < -0.3 is 4.74 Å². The number of rotatable bonds is 8. The van der Waals surface area contributed by atoms with E-state index in [1.807, 2.05) is 13.8 Å². The van der Waals surface area contributed by atoms with Gasteiger partial charge in [0.15, 0.2) is 0 Å². The van der Waals surface area contributed by atoms with Gasteiger partial charge in [-0.05, 0) is 51.0 Å². The third kappa shape index (κ3) is 5.95. The molecule has 1 saturated heterocycles. The summed E-state index contributed by atoms with van der Waals surface area (Å²) in [6.45, 7) is 4.66. The Morgan fingerprint density at radius 1 is 1.04 bits per heavy atom. The van der Waals surface area contributed by atoms with Crippen LogP contribution in [0.2, 0.25) is 0 Å². The highest BCUT2D eigenvalue weighted by Crippen LogP contribution is 2.17. The maximum atomic E-state index is 12.3. The number of sulfonamides is 2. The van der Waals surface area contributed by atoms with Crippen molar-refractivity contribution < 1.29 is 21.6 Å². The Morgan fingerprint density at radius 2 is 1.64 bits per heavy atom. The van der Waals surface area contributed by atoms with E-state index in [9.17, 15) is 16.8 Å². The smallest absolute Gasteiger partial charge is 0.240 e. The van der Waals surface area contributed by atoms with Gasteiger partial charge >= 0.3 is 0 Å². The first-order valence-electron chi connectivity index (χ1n) is 8.45. The zero-order valence-corrected chi connectivity index (χ0v) is 16.3. The minimum atomic E-state index is -3.75. The molecule has 142 valence electrons. The van der Waals surface area contributed by atoms with Gasteiger partial charge in [0.2, 0.25) is 20.0 Å². The van der Waals surface area contributed by atoms with Gasteiger partial charge in [0.1, 0.15) is 5.75 Å². The second kappa shape index (κ2) is 8.48. The van der Waals surface area contributed by atoms with Gasteiger partial charge in [-0.2, -0.15) is 0 Å². The molecule has 9 heteroatoms. The van der Waals surface area contributed by atoms with Crippen molar-refractivity contribution in [3.63, 3.8) is 0 Å². The van der Waals surface area contributed by atoms with E-state index in [0.29, 0.717) is 18.8 Å². The highest BCUT2D eigenvalue weighted by atomic mass is 32.2. The van der Waals surface area contributed by atoms with Crippen molar-refractivity contribution in [2.75, 3.05) is 25.4 Å². The summed E-state index contributed by atoms with van der Waals surface area (Å²) in [5.74, 6) is 0.349. The van der Waals surface area contributed by atoms with Gasteiger partial charge in [0, 0.05) is 19.6 Å². The number of nitrogens with zero attached hydrogens (tertiary/aromatic N) is 1. The van der Waals surface area contributed by atoms with E-state index in [1.165, 1.54) is 16.4 Å². The first-order chi connectivity index (χ1) is 11.7. The van der Waals surface area contributed by atoms with Gasteiger partial charge in [-0.15, -0.1) is 0 Å². The van der Waals surface area contributed by atoms with E-state index in [2.05, 4.69) is 4.72 Å². The number of piperidine rings is 1. The number of hydrogen-bond acceptors (Lipinski definition) is 5. The number of hydrogen-bond donors (Lipinski definition) is 1. The molecule has 0 saturated carbocycles. The van der Waals surface area contributed by atoms with Crippen molar-refractivity contribution in [3.8, 4) is 5.75 Å². The second-order valence-electron chi connectivity index (χ2n) is 6.31. The van der Waals surface area contributed by atoms with E-state index >= 15 is 0 Å². The monoisotopic (exact) mass is 390 g/mol. The van der Waals surface area contributed by atoms with Crippen LogP contribution in [0.5, 0.6) is 5.75 Å². The van der Waals surface area contributed by atoms with Crippen LogP contribution in [-0.4, -0.2) is 52.6 Å². The molecule has 0 radical (unpaired) electrons. The van der Waals surface area contributed by atoms with Crippen molar-refractivity contribution in [2.45, 2.75) is 44.1 Å². The van der Waals surface area contributed by atoms with Gasteiger partial charge in [-0.25, -0.2) is 25.9 Å². The summed E-state index contributed by atoms with van der Waals surface area (Å²) in [5, 5.41) is 0. The number of benzene rings is 1. The van der Waals surface area contributed by atoms with E-state index < -0.39 is 20.0 Å². The second-order valence-corrected chi connectivity index (χ2v) is 10.2. The fourth-order valence-corrected chi connectivity index (χ4v) is 5.22. The van der Waals surface area contributed by atoms with Crippen molar-refractivity contribution in [1.82, 2.24) is 9.03 Å². The van der Waals surface area contributed by atoms with Gasteiger partial charge in [-0.3, -0.25) is 0 Å². The maximum Gasteiger partial charge on any atom is 0.240 e. The lowest BCUT2D eigenvalue weighted by atomic mass is 10.2. The lowest BCUT2D eigenvalue weighted by molar-refractivity contribution is 0.242. The molecule has 2 rings (SSSR count). The molecule has 25 heavy (non-hydrogen) atoms. The molecule has 0 atom stereocenters. The Kier molecular flexibility index (Phi) is 6.84. The first kappa shape index (κ1) is 20.2. The molecule has 0 bridgehead atoms. The Balaban J connectivity index is 1.92. The third-order valence-electron chi connectivity index (χ3n) is 3.87. The van der Waals surface area contributed by atoms with Crippen LogP contribution in [0.4, 0.5) is 0 Å². The van der Waals surface area contributed by atoms with Crippen molar-refractivity contribution in [3.05, 3.63) is 24.3 Å². The quantitative estimate of drug-likeness (QED) is 0.727. The van der Waals surface area contributed by atoms with Crippen LogP contribution in [0.25, 0.3) is 0 Å². The summed E-state index contributed by atoms with van der Waals surface area (Å²) in [4.78, 5) is 0.0824. The molecule has 7 nitrogen and oxygen atoms in total. The van der Waals surface area contributed by atoms with Gasteiger partial charge in [0.05, 0.1) is 16.8 Å². The number of ether oxygens (including phenoxy) is 1. The molecular weight excluding hydrogens is 364 g/mol. The lowest BCUT2D eigenvalue weighted by Crippen LogP contribution is -2.40. The Morgan fingerprint density at radius 3 is 2.20 bits per heavy atom. The van der Waals surface area contributed by atoms with Crippen molar-refractivity contribution in [2.24, 2.45) is 0 Å². The van der Waals surface area contributed by atoms with Crippen LogP contribution in [0.1, 0.15) is 33.1 Å². The van der Waals surface area contributed by atoms with Crippen molar-refractivity contribution >= 4 is 20.0 Å². The molecule has 1 aliphatic rings. The predicted octanol–water partition coefficient (Wildman–Crippen LogP) is 1.57. The summed E-state index contributed by atoms with van der Waals surface area (Å²) >= 11 is 0. The van der Waals surface area contributed by atoms with Crippen LogP contribution in [0.3, 0.4) is 0 Å². The average molecular weight is 391 g/mol. The molecule has 0 aliphatic carbocycles. The van der Waals surface area contributed by atoms with E-state index in [1.54, 1.807) is 12.1 Å². The molecule has 1 aromatic rings. The molecule has 1 aromatic carbocycles. The Hall–Kier alpha value is -1.16. The molecule has 0 aromatic heterocycles. The fraction of sp³-hybridized carbons (Fsp3) is 0.625. The Labute approximate surface area is 150 Å². The van der Waals surface area contributed by atoms with Gasteiger partial charge in [-0.1, -0.05) is 6.42 Å². The summed E-state index contributed by atoms with van der Waals surface area (Å²) in [6, 6.07) is 6.05. The van der Waals surface area contributed by atoms with E-state index in [4.69, 9.17) is 4.74 Å². The molecule has 1 fully saturated rings. The molecule has 1 heterocycles. The molecule has 0 spiro atoms. The maximum absolute atomic E-state index is 12.3. The molecule has 0 amide bonds. The normalized spacial score (nSPS) is 16.9. The zero-order valence-electron chi connectivity index (χ0n) is 14.6. The van der Waals surface area contributed by atoms with Crippen LogP contribution < -0.4 is 9.46 Å². The average Bonchev–Trinajstić information content (AvgIpc) is 2.55. The van der Waals surface area contributed by atoms with Crippen LogP contribution in [0, 0.1) is 0 Å². The molecule has 1 aliphatic heterocycles. The van der Waals surface area contributed by atoms with Crippen molar-refractivity contribution in [1.29, 1.82) is 0 Å². The van der Waals surface area contributed by atoms with Crippen LogP contribution >= 0.6 is 0 Å². The zero-order chi connectivity index (χ0) is 18.5. The Bertz CT molecular complexity index is 752. The van der Waals surface area contributed by atoms with Gasteiger partial charge in [0.25, 0.3) is 0 Å². The van der Waals surface area contributed by atoms with Crippen LogP contribution in [-0.2, 0) is 20.0 Å².